The van der Waals surface area contributed by atoms with Crippen molar-refractivity contribution in [1.29, 1.82) is 0 Å². The van der Waals surface area contributed by atoms with Crippen molar-refractivity contribution in [2.75, 3.05) is 0 Å². The van der Waals surface area contributed by atoms with Crippen molar-refractivity contribution in [1.82, 2.24) is 0 Å². The Hall–Kier alpha value is 1.35. The van der Waals surface area contributed by atoms with Crippen molar-refractivity contribution >= 4 is 0 Å². The third-order valence-electron chi connectivity index (χ3n) is 0. The standard InChI is InChI=1S/5O.Sc.2Ta. The summed E-state index contributed by atoms with van der Waals surface area (Å²) in [5.41, 5.74) is 0. The van der Waals surface area contributed by atoms with Crippen LogP contribution in [0.15, 0.2) is 0 Å². The van der Waals surface area contributed by atoms with Crippen LogP contribution in [0.1, 0.15) is 0 Å². The third-order valence-corrected chi connectivity index (χ3v) is 0. The van der Waals surface area contributed by atoms with Crippen LogP contribution in [0, 0.1) is 0 Å². The van der Waals surface area contributed by atoms with Gasteiger partial charge in [0.2, 0.25) is 0 Å². The maximum atomic E-state index is 9.29. The third kappa shape index (κ3) is 163. The van der Waals surface area contributed by atoms with Crippen LogP contribution in [0.4, 0.5) is 0 Å². The van der Waals surface area contributed by atoms with Crippen LogP contribution in [0.2, 0.25) is 0 Å². The van der Waals surface area contributed by atoms with Gasteiger partial charge in [0.05, 0.1) is 0 Å². The van der Waals surface area contributed by atoms with Gasteiger partial charge in [-0.15, -0.1) is 0 Å². The van der Waals surface area contributed by atoms with Gasteiger partial charge in [-0.05, 0) is 0 Å². The molecule has 0 rings (SSSR count). The molecule has 43 valence electrons. The van der Waals surface area contributed by atoms with Crippen molar-refractivity contribution in [2.45, 2.75) is 0 Å². The van der Waals surface area contributed by atoms with Crippen LogP contribution in [0.5, 0.6) is 0 Å². The van der Waals surface area contributed by atoms with E-state index in [2.05, 4.69) is 0 Å². The molecule has 8 heteroatoms. The average Bonchev–Trinajstić information content (AvgIpc) is 0.592. The molecule has 0 saturated heterocycles. The molecular formula is O5ScTa2. The second-order valence-electron chi connectivity index (χ2n) is 1.15. The Kier molecular flexibility index (Phi) is 2.55. The summed E-state index contributed by atoms with van der Waals surface area (Å²) in [6.45, 7) is 0. The van der Waals surface area contributed by atoms with Crippen LogP contribution < -0.4 is 0 Å². The van der Waals surface area contributed by atoms with Gasteiger partial charge in [0.1, 0.15) is 0 Å². The molecule has 1 radical (unpaired) electrons. The van der Waals surface area contributed by atoms with Crippen molar-refractivity contribution in [3.05, 3.63) is 0 Å². The molecule has 0 aromatic heterocycles. The molecule has 0 N–H and O–H groups in total. The van der Waals surface area contributed by atoms with Gasteiger partial charge in [-0.2, -0.15) is 0 Å². The molecule has 0 heterocycles. The molecule has 0 atom stereocenters. The molecule has 0 saturated carbocycles. The summed E-state index contributed by atoms with van der Waals surface area (Å²) in [5, 5.41) is 0. The summed E-state index contributed by atoms with van der Waals surface area (Å²) in [7, 11) is -8.49. The van der Waals surface area contributed by atoms with E-state index < -0.39 is 28.6 Å². The summed E-state index contributed by atoms with van der Waals surface area (Å²) >= 11 is -1.15. The Morgan fingerprint density at radius 2 is 0.875 bits per heavy atom. The topological polar surface area (TPSA) is 85.3 Å². The van der Waals surface area contributed by atoms with E-state index in [1.165, 1.54) is 0 Å². The second-order valence-corrected chi connectivity index (χ2v) is 33.5. The maximum Gasteiger partial charge on any atom is 0 e. The Morgan fingerprint density at radius 3 is 0.875 bits per heavy atom. The summed E-state index contributed by atoms with van der Waals surface area (Å²) in [6.07, 6.45) is 0. The smallest absolute Gasteiger partial charge is 0 e. The molecule has 0 amide bonds. The molecule has 0 aliphatic rings. The van der Waals surface area contributed by atoms with Gasteiger partial charge < -0.3 is 0 Å². The predicted octanol–water partition coefficient (Wildman–Crippen LogP) is -0.601. The Morgan fingerprint density at radius 1 is 0.875 bits per heavy atom. The van der Waals surface area contributed by atoms with Crippen LogP contribution in [0.3, 0.4) is 0 Å². The van der Waals surface area contributed by atoms with Gasteiger partial charge in [-0.3, -0.25) is 0 Å². The summed E-state index contributed by atoms with van der Waals surface area (Å²) in [6, 6.07) is 0. The molecular weight excluding hydrogens is 487 g/mol. The Bertz CT molecular complexity index is 389. The first-order chi connectivity index (χ1) is 2.45. The van der Waals surface area contributed by atoms with Crippen LogP contribution in [-0.2, 0) is 70.7 Å². The molecule has 0 fully saturated rings. The minimum absolute atomic E-state index is 0. The Labute approximate surface area is 69.6 Å². The van der Waals surface area contributed by atoms with Gasteiger partial charge in [0, 0.05) is 25.8 Å². The van der Waals surface area contributed by atoms with E-state index in [1.807, 2.05) is 0 Å². The van der Waals surface area contributed by atoms with Crippen LogP contribution >= 0.6 is 0 Å². The normalized spacial score (nSPS) is 10.5. The van der Waals surface area contributed by atoms with E-state index in [9.17, 15) is 16.3 Å². The molecule has 0 aromatic rings. The van der Waals surface area contributed by atoms with E-state index in [0.717, 1.165) is 0 Å². The van der Waals surface area contributed by atoms with Crippen molar-refractivity contribution in [3.63, 3.8) is 0 Å². The molecule has 0 bridgehead atoms. The first-order valence-corrected chi connectivity index (χ1v) is 20.9. The quantitative estimate of drug-likeness (QED) is 0.456. The van der Waals surface area contributed by atoms with Gasteiger partial charge in [0.15, 0.2) is 0 Å². The maximum absolute atomic E-state index is 9.29. The number of hydrogen-bond acceptors (Lipinski definition) is 5. The van der Waals surface area contributed by atoms with E-state index in [0.29, 0.717) is 0 Å². The van der Waals surface area contributed by atoms with Gasteiger partial charge in [0.25, 0.3) is 0 Å². The minimum atomic E-state index is -8.49. The minimum Gasteiger partial charge on any atom is 0 e. The molecule has 0 aliphatic heterocycles. The van der Waals surface area contributed by atoms with E-state index in [4.69, 9.17) is 0 Å². The SMILES string of the molecule is [O]=[Ta](=[O])(=[O])(=[O])(=[O])[Ta].[Sc]. The predicted molar refractivity (Wildman–Crippen MR) is 3.43 cm³/mol. The van der Waals surface area contributed by atoms with E-state index >= 15 is 0 Å². The van der Waals surface area contributed by atoms with Gasteiger partial charge in [-0.25, -0.2) is 0 Å². The fraction of sp³-hybridized carbons (Fsp3) is 0. The monoisotopic (exact) mass is 487 g/mol. The molecule has 8 heavy (non-hydrogen) atoms. The fourth-order valence-corrected chi connectivity index (χ4v) is 0. The van der Waals surface area contributed by atoms with Gasteiger partial charge in [-0.1, -0.05) is 0 Å². The average molecular weight is 487 g/mol. The first kappa shape index (κ1) is 12.1. The van der Waals surface area contributed by atoms with Gasteiger partial charge >= 0.3 is 44.8 Å². The molecule has 0 spiro atoms. The first-order valence-electron chi connectivity index (χ1n) is 1.11. The largest absolute Gasteiger partial charge is 0 e. The molecule has 0 aromatic carbocycles. The Balaban J connectivity index is 0. The van der Waals surface area contributed by atoms with Crippen molar-refractivity contribution in [3.8, 4) is 0 Å². The summed E-state index contributed by atoms with van der Waals surface area (Å²) in [5.74, 6) is 0. The van der Waals surface area contributed by atoms with Crippen LogP contribution in [-0.4, -0.2) is 0 Å². The summed E-state index contributed by atoms with van der Waals surface area (Å²) < 4.78 is 46.5. The van der Waals surface area contributed by atoms with Crippen LogP contribution in [0.25, 0.3) is 0 Å². The summed E-state index contributed by atoms with van der Waals surface area (Å²) in [4.78, 5) is 0. The number of hydrogen-bond donors (Lipinski definition) is 0. The zero-order valence-electron chi connectivity index (χ0n) is 3.51. The molecule has 0 aliphatic carbocycles. The zero-order valence-corrected chi connectivity index (χ0v) is 11.7. The van der Waals surface area contributed by atoms with Crippen molar-refractivity contribution in [2.24, 2.45) is 0 Å². The second kappa shape index (κ2) is 1.69. The number of rotatable bonds is 0. The fourth-order valence-electron chi connectivity index (χ4n) is 0. The van der Waals surface area contributed by atoms with E-state index in [-0.39, 0.29) is 25.8 Å². The van der Waals surface area contributed by atoms with E-state index in [1.54, 1.807) is 0 Å². The zero-order chi connectivity index (χ0) is 6.41. The molecule has 0 unspecified atom stereocenters. The molecule has 5 nitrogen and oxygen atoms in total. The van der Waals surface area contributed by atoms with Crippen molar-refractivity contribution < 1.29 is 70.7 Å².